The van der Waals surface area contributed by atoms with E-state index in [4.69, 9.17) is 13.9 Å². The summed E-state index contributed by atoms with van der Waals surface area (Å²) < 4.78 is 16.7. The third-order valence-corrected chi connectivity index (χ3v) is 5.50. The Bertz CT molecular complexity index is 1210. The molecule has 0 saturated carbocycles. The third-order valence-electron chi connectivity index (χ3n) is 5.50. The number of hydrogen-bond acceptors (Lipinski definition) is 4. The molecule has 31 heavy (non-hydrogen) atoms. The number of fused-ring (bicyclic) bond motifs is 3. The molecule has 1 amide bonds. The maximum atomic E-state index is 12.5. The van der Waals surface area contributed by atoms with Crippen LogP contribution >= 0.6 is 0 Å². The van der Waals surface area contributed by atoms with Crippen molar-refractivity contribution in [1.29, 1.82) is 0 Å². The first-order valence-corrected chi connectivity index (χ1v) is 10.5. The molecule has 160 valence electrons. The largest absolute Gasteiger partial charge is 0.493 e. The summed E-state index contributed by atoms with van der Waals surface area (Å²) in [6.07, 6.45) is 1.73. The summed E-state index contributed by atoms with van der Waals surface area (Å²) in [5, 5.41) is 5.33. The van der Waals surface area contributed by atoms with Crippen LogP contribution in [0.5, 0.6) is 11.5 Å². The maximum Gasteiger partial charge on any atom is 0.220 e. The van der Waals surface area contributed by atoms with Gasteiger partial charge in [-0.2, -0.15) is 0 Å². The van der Waals surface area contributed by atoms with E-state index in [1.807, 2.05) is 49.4 Å². The fraction of sp³-hybridized carbons (Fsp3) is 0.269. The average molecular weight is 418 g/mol. The highest BCUT2D eigenvalue weighted by molar-refractivity contribution is 6.04. The summed E-state index contributed by atoms with van der Waals surface area (Å²) in [4.78, 5) is 12.5. The standard InChI is InChI=1S/C26H27NO4/c1-17(27-25(28)14-12-19-7-6-10-24(29-2)26(19)30-3)15-18-11-13-23-21(16-18)20-8-4-5-9-22(20)31-23/h4-11,13,16-17H,12,14-15H2,1-3H3,(H,27,28). The molecular weight excluding hydrogens is 390 g/mol. The number of para-hydroxylation sites is 2. The molecular formula is C26H27NO4. The minimum atomic E-state index is 0.0206. The molecule has 4 rings (SSSR count). The van der Waals surface area contributed by atoms with Gasteiger partial charge < -0.3 is 19.2 Å². The van der Waals surface area contributed by atoms with E-state index in [1.165, 1.54) is 5.56 Å². The molecule has 1 aromatic heterocycles. The lowest BCUT2D eigenvalue weighted by molar-refractivity contribution is -0.121. The summed E-state index contributed by atoms with van der Waals surface area (Å²) in [5.74, 6) is 1.38. The Morgan fingerprint density at radius 2 is 1.77 bits per heavy atom. The van der Waals surface area contributed by atoms with Gasteiger partial charge in [0.15, 0.2) is 11.5 Å². The molecule has 1 N–H and O–H groups in total. The predicted molar refractivity (Wildman–Crippen MR) is 123 cm³/mol. The van der Waals surface area contributed by atoms with Crippen LogP contribution in [0.15, 0.2) is 65.1 Å². The van der Waals surface area contributed by atoms with E-state index >= 15 is 0 Å². The van der Waals surface area contributed by atoms with Crippen LogP contribution in [-0.2, 0) is 17.6 Å². The second kappa shape index (κ2) is 9.13. The van der Waals surface area contributed by atoms with Gasteiger partial charge in [-0.25, -0.2) is 0 Å². The van der Waals surface area contributed by atoms with E-state index in [2.05, 4.69) is 23.5 Å². The number of methoxy groups -OCH3 is 2. The van der Waals surface area contributed by atoms with Crippen LogP contribution < -0.4 is 14.8 Å². The Balaban J connectivity index is 1.38. The molecule has 3 aromatic carbocycles. The van der Waals surface area contributed by atoms with Crippen LogP contribution in [0.4, 0.5) is 0 Å². The minimum absolute atomic E-state index is 0.0206. The van der Waals surface area contributed by atoms with Crippen LogP contribution in [0.1, 0.15) is 24.5 Å². The average Bonchev–Trinajstić information content (AvgIpc) is 3.15. The number of hydrogen-bond donors (Lipinski definition) is 1. The summed E-state index contributed by atoms with van der Waals surface area (Å²) in [6, 6.07) is 20.0. The van der Waals surface area contributed by atoms with Crippen LogP contribution in [0.2, 0.25) is 0 Å². The Kier molecular flexibility index (Phi) is 6.12. The first kappa shape index (κ1) is 20.8. The fourth-order valence-corrected chi connectivity index (χ4v) is 4.05. The van der Waals surface area contributed by atoms with E-state index in [-0.39, 0.29) is 11.9 Å². The number of carbonyl (C=O) groups excluding carboxylic acids is 1. The Hall–Kier alpha value is -3.47. The summed E-state index contributed by atoms with van der Waals surface area (Å²) >= 11 is 0. The molecule has 0 fully saturated rings. The number of benzene rings is 3. The number of carbonyl (C=O) groups is 1. The third kappa shape index (κ3) is 4.50. The number of amides is 1. The Morgan fingerprint density at radius 3 is 2.58 bits per heavy atom. The van der Waals surface area contributed by atoms with Gasteiger partial charge >= 0.3 is 0 Å². The van der Waals surface area contributed by atoms with Gasteiger partial charge in [-0.05, 0) is 55.2 Å². The zero-order valence-electron chi connectivity index (χ0n) is 18.1. The summed E-state index contributed by atoms with van der Waals surface area (Å²) in [6.45, 7) is 2.03. The number of furan rings is 1. The van der Waals surface area contributed by atoms with Gasteiger partial charge in [0.2, 0.25) is 5.91 Å². The van der Waals surface area contributed by atoms with Crippen molar-refractivity contribution in [3.8, 4) is 11.5 Å². The molecule has 5 nitrogen and oxygen atoms in total. The molecule has 1 atom stereocenters. The lowest BCUT2D eigenvalue weighted by atomic mass is 10.0. The van der Waals surface area contributed by atoms with Crippen molar-refractivity contribution in [3.05, 3.63) is 71.8 Å². The van der Waals surface area contributed by atoms with Gasteiger partial charge in [0.05, 0.1) is 14.2 Å². The first-order valence-electron chi connectivity index (χ1n) is 10.5. The number of nitrogens with one attached hydrogen (secondary N) is 1. The van der Waals surface area contributed by atoms with Crippen LogP contribution in [0, 0.1) is 0 Å². The zero-order valence-corrected chi connectivity index (χ0v) is 18.1. The van der Waals surface area contributed by atoms with Crippen molar-refractivity contribution in [1.82, 2.24) is 5.32 Å². The molecule has 0 aliphatic carbocycles. The smallest absolute Gasteiger partial charge is 0.220 e. The van der Waals surface area contributed by atoms with E-state index in [1.54, 1.807) is 14.2 Å². The fourth-order valence-electron chi connectivity index (χ4n) is 4.05. The number of ether oxygens (including phenoxy) is 2. The highest BCUT2D eigenvalue weighted by Gasteiger charge is 2.14. The Morgan fingerprint density at radius 1 is 0.968 bits per heavy atom. The monoisotopic (exact) mass is 417 g/mol. The molecule has 1 unspecified atom stereocenters. The molecule has 0 saturated heterocycles. The van der Waals surface area contributed by atoms with Crippen molar-refractivity contribution >= 4 is 27.8 Å². The first-order chi connectivity index (χ1) is 15.1. The van der Waals surface area contributed by atoms with Crippen molar-refractivity contribution in [2.45, 2.75) is 32.2 Å². The minimum Gasteiger partial charge on any atom is -0.493 e. The molecule has 0 radical (unpaired) electrons. The van der Waals surface area contributed by atoms with Crippen LogP contribution in [0.25, 0.3) is 21.9 Å². The topological polar surface area (TPSA) is 60.7 Å². The van der Waals surface area contributed by atoms with E-state index in [9.17, 15) is 4.79 Å². The summed E-state index contributed by atoms with van der Waals surface area (Å²) in [7, 11) is 3.23. The molecule has 0 spiro atoms. The summed E-state index contributed by atoms with van der Waals surface area (Å²) in [5.41, 5.74) is 3.90. The lowest BCUT2D eigenvalue weighted by Gasteiger charge is -2.15. The van der Waals surface area contributed by atoms with E-state index in [0.29, 0.717) is 24.3 Å². The van der Waals surface area contributed by atoms with Crippen LogP contribution in [0.3, 0.4) is 0 Å². The van der Waals surface area contributed by atoms with Gasteiger partial charge in [0.25, 0.3) is 0 Å². The molecule has 1 heterocycles. The van der Waals surface area contributed by atoms with Gasteiger partial charge in [0, 0.05) is 23.2 Å². The highest BCUT2D eigenvalue weighted by Crippen LogP contribution is 2.31. The number of aryl methyl sites for hydroxylation is 1. The highest BCUT2D eigenvalue weighted by atomic mass is 16.5. The van der Waals surface area contributed by atoms with Crippen molar-refractivity contribution in [2.75, 3.05) is 14.2 Å². The second-order valence-corrected chi connectivity index (χ2v) is 7.75. The second-order valence-electron chi connectivity index (χ2n) is 7.75. The quantitative estimate of drug-likeness (QED) is 0.424. The van der Waals surface area contributed by atoms with Crippen molar-refractivity contribution in [3.63, 3.8) is 0 Å². The normalized spacial score (nSPS) is 12.1. The lowest BCUT2D eigenvalue weighted by Crippen LogP contribution is -2.34. The maximum absolute atomic E-state index is 12.5. The van der Waals surface area contributed by atoms with Crippen LogP contribution in [-0.4, -0.2) is 26.2 Å². The molecule has 0 aliphatic rings. The van der Waals surface area contributed by atoms with Gasteiger partial charge in [-0.3, -0.25) is 4.79 Å². The van der Waals surface area contributed by atoms with Gasteiger partial charge in [0.1, 0.15) is 11.2 Å². The van der Waals surface area contributed by atoms with Crippen molar-refractivity contribution in [2.24, 2.45) is 0 Å². The molecule has 0 bridgehead atoms. The van der Waals surface area contributed by atoms with E-state index in [0.717, 1.165) is 33.9 Å². The van der Waals surface area contributed by atoms with Crippen molar-refractivity contribution < 1.29 is 18.7 Å². The Labute approximate surface area is 182 Å². The SMILES string of the molecule is COc1cccc(CCC(=O)NC(C)Cc2ccc3oc4ccccc4c3c2)c1OC. The predicted octanol–water partition coefficient (Wildman–Crippen LogP) is 5.28. The van der Waals surface area contributed by atoms with Gasteiger partial charge in [-0.15, -0.1) is 0 Å². The number of rotatable bonds is 8. The van der Waals surface area contributed by atoms with Gasteiger partial charge in [-0.1, -0.05) is 36.4 Å². The van der Waals surface area contributed by atoms with E-state index < -0.39 is 0 Å². The molecule has 4 aromatic rings. The molecule has 5 heteroatoms. The molecule has 0 aliphatic heterocycles. The zero-order chi connectivity index (χ0) is 21.8.